The highest BCUT2D eigenvalue weighted by Gasteiger charge is 2.18. The molecule has 17 heavy (non-hydrogen) atoms. The van der Waals surface area contributed by atoms with Gasteiger partial charge in [-0.05, 0) is 0 Å². The van der Waals surface area contributed by atoms with Gasteiger partial charge in [-0.15, -0.1) is 0 Å². The van der Waals surface area contributed by atoms with Crippen molar-refractivity contribution in [2.45, 2.75) is 12.6 Å². The molecule has 1 aromatic rings. The molecule has 94 valence electrons. The Bertz CT molecular complexity index is 495. The van der Waals surface area contributed by atoms with Crippen LogP contribution in [0.2, 0.25) is 0 Å². The second-order valence-electron chi connectivity index (χ2n) is 3.49. The Labute approximate surface area is 97.7 Å². The number of carboxylic acid groups (broad SMARTS) is 1. The molecule has 0 aliphatic carbocycles. The van der Waals surface area contributed by atoms with E-state index in [1.807, 2.05) is 0 Å². The van der Waals surface area contributed by atoms with Crippen molar-refractivity contribution in [3.8, 4) is 0 Å². The fourth-order valence-electron chi connectivity index (χ4n) is 1.26. The van der Waals surface area contributed by atoms with Crippen LogP contribution in [0.5, 0.6) is 0 Å². The number of aliphatic hydroxyl groups is 1. The number of hydrogen-bond donors (Lipinski definition) is 3. The smallest absolute Gasteiger partial charge is 0.336 e. The van der Waals surface area contributed by atoms with Crippen LogP contribution in [0.3, 0.4) is 0 Å². The Hall–Kier alpha value is -1.51. The Balaban J connectivity index is 2.66. The zero-order valence-corrected chi connectivity index (χ0v) is 9.54. The molecule has 0 amide bonds. The van der Waals surface area contributed by atoms with E-state index in [0.29, 0.717) is 0 Å². The molecule has 8 heteroatoms. The van der Waals surface area contributed by atoms with Crippen LogP contribution < -0.4 is 4.57 Å². The number of carboxylic acids is 1. The highest BCUT2D eigenvalue weighted by molar-refractivity contribution is 7.85. The van der Waals surface area contributed by atoms with Gasteiger partial charge in [0.25, 0.3) is 10.1 Å². The van der Waals surface area contributed by atoms with Gasteiger partial charge in [-0.3, -0.25) is 4.55 Å². The largest absolute Gasteiger partial charge is 0.478 e. The van der Waals surface area contributed by atoms with E-state index in [2.05, 4.69) is 0 Å². The van der Waals surface area contributed by atoms with Crippen LogP contribution >= 0.6 is 0 Å². The quantitative estimate of drug-likeness (QED) is 0.459. The van der Waals surface area contributed by atoms with Crippen LogP contribution in [0.25, 0.3) is 0 Å². The summed E-state index contributed by atoms with van der Waals surface area (Å²) < 4.78 is 30.9. The van der Waals surface area contributed by atoms with Gasteiger partial charge in [-0.1, -0.05) is 0 Å². The van der Waals surface area contributed by atoms with Crippen molar-refractivity contribution in [3.05, 3.63) is 30.1 Å². The molecule has 0 fully saturated rings. The maximum atomic E-state index is 10.6. The van der Waals surface area contributed by atoms with Crippen LogP contribution in [-0.2, 0) is 16.7 Å². The van der Waals surface area contributed by atoms with E-state index in [0.717, 1.165) is 0 Å². The molecule has 7 nitrogen and oxygen atoms in total. The first-order chi connectivity index (χ1) is 7.78. The van der Waals surface area contributed by atoms with E-state index in [-0.39, 0.29) is 12.1 Å². The number of hydrogen-bond acceptors (Lipinski definition) is 4. The van der Waals surface area contributed by atoms with E-state index in [1.165, 1.54) is 29.1 Å². The van der Waals surface area contributed by atoms with Gasteiger partial charge < -0.3 is 10.2 Å². The van der Waals surface area contributed by atoms with Crippen molar-refractivity contribution in [2.75, 3.05) is 5.75 Å². The average Bonchev–Trinajstić information content (AvgIpc) is 2.15. The Morgan fingerprint density at radius 3 is 2.29 bits per heavy atom. The number of pyridine rings is 1. The van der Waals surface area contributed by atoms with Crippen molar-refractivity contribution in [3.63, 3.8) is 0 Å². The Morgan fingerprint density at radius 1 is 1.35 bits per heavy atom. The minimum Gasteiger partial charge on any atom is -0.478 e. The van der Waals surface area contributed by atoms with Gasteiger partial charge in [0.2, 0.25) is 0 Å². The highest BCUT2D eigenvalue weighted by Crippen LogP contribution is 1.95. The van der Waals surface area contributed by atoms with E-state index < -0.39 is 27.9 Å². The molecule has 0 aliphatic heterocycles. The molecule has 0 spiro atoms. The van der Waals surface area contributed by atoms with Gasteiger partial charge in [0, 0.05) is 12.1 Å². The molecule has 1 aromatic heterocycles. The van der Waals surface area contributed by atoms with Gasteiger partial charge in [0.05, 0.1) is 5.56 Å². The topological polar surface area (TPSA) is 116 Å². The van der Waals surface area contributed by atoms with Gasteiger partial charge in [0.15, 0.2) is 18.9 Å². The third-order valence-electron chi connectivity index (χ3n) is 1.96. The minimum absolute atomic E-state index is 0.0559. The summed E-state index contributed by atoms with van der Waals surface area (Å²) in [5.41, 5.74) is 0.0884. The normalized spacial score (nSPS) is 13.3. The predicted molar refractivity (Wildman–Crippen MR) is 56.0 cm³/mol. The summed E-state index contributed by atoms with van der Waals surface area (Å²) in [4.78, 5) is 10.6. The molecule has 3 N–H and O–H groups in total. The fourth-order valence-corrected chi connectivity index (χ4v) is 1.85. The molecule has 0 saturated carbocycles. The lowest BCUT2D eigenvalue weighted by Gasteiger charge is -2.04. The summed E-state index contributed by atoms with van der Waals surface area (Å²) in [6.07, 6.45) is 1.54. The summed E-state index contributed by atoms with van der Waals surface area (Å²) >= 11 is 0. The highest BCUT2D eigenvalue weighted by atomic mass is 32.2. The van der Waals surface area contributed by atoms with E-state index in [4.69, 9.17) is 9.66 Å². The van der Waals surface area contributed by atoms with Crippen molar-refractivity contribution < 1.29 is 32.5 Å². The van der Waals surface area contributed by atoms with E-state index in [1.54, 1.807) is 0 Å². The second-order valence-corrected chi connectivity index (χ2v) is 4.99. The van der Waals surface area contributed by atoms with Gasteiger partial charge in [-0.25, -0.2) is 9.36 Å². The predicted octanol–water partition coefficient (Wildman–Crippen LogP) is -1.08. The zero-order valence-electron chi connectivity index (χ0n) is 8.72. The molecule has 0 radical (unpaired) electrons. The molecule has 1 rings (SSSR count). The molecular weight excluding hydrogens is 250 g/mol. The van der Waals surface area contributed by atoms with Crippen LogP contribution in [0.4, 0.5) is 0 Å². The van der Waals surface area contributed by atoms with Crippen LogP contribution in [0.1, 0.15) is 10.4 Å². The van der Waals surface area contributed by atoms with Gasteiger partial charge in [-0.2, -0.15) is 8.42 Å². The Kier molecular flexibility index (Phi) is 4.16. The summed E-state index contributed by atoms with van der Waals surface area (Å²) in [6.45, 7) is -0.0559. The molecule has 1 atom stereocenters. The molecule has 0 aliphatic rings. The van der Waals surface area contributed by atoms with Crippen molar-refractivity contribution in [1.82, 2.24) is 0 Å². The number of aliphatic hydroxyl groups excluding tert-OH is 1. The number of carbonyl (C=O) groups is 1. The first kappa shape index (κ1) is 13.6. The van der Waals surface area contributed by atoms with Crippen molar-refractivity contribution >= 4 is 16.1 Å². The third kappa shape index (κ3) is 4.89. The summed E-state index contributed by atoms with van der Waals surface area (Å²) in [7, 11) is -4.22. The standard InChI is InChI=1S/C9H11NO6S/c11-8(6-17(14,15)16)5-10-3-1-7(2-4-10)9(12)13/h1-4,8,11H,5-6H2,(H-,12,13,14,15,16)/p+1. The molecule has 1 heterocycles. The maximum absolute atomic E-state index is 10.6. The van der Waals surface area contributed by atoms with E-state index >= 15 is 0 Å². The second kappa shape index (κ2) is 5.21. The fraction of sp³-hybridized carbons (Fsp3) is 0.333. The third-order valence-corrected chi connectivity index (χ3v) is 2.77. The SMILES string of the molecule is O=C(O)c1cc[n+](CC(O)CS(=O)(=O)O)cc1. The first-order valence-corrected chi connectivity index (χ1v) is 6.24. The lowest BCUT2D eigenvalue weighted by atomic mass is 10.2. The summed E-state index contributed by atoms with van der Waals surface area (Å²) in [5, 5.41) is 18.0. The first-order valence-electron chi connectivity index (χ1n) is 4.63. The maximum Gasteiger partial charge on any atom is 0.336 e. The Morgan fingerprint density at radius 2 is 1.88 bits per heavy atom. The number of rotatable bonds is 5. The summed E-state index contributed by atoms with van der Waals surface area (Å²) in [5.74, 6) is -1.84. The monoisotopic (exact) mass is 262 g/mol. The lowest BCUT2D eigenvalue weighted by molar-refractivity contribution is -0.703. The van der Waals surface area contributed by atoms with Crippen molar-refractivity contribution in [2.24, 2.45) is 0 Å². The van der Waals surface area contributed by atoms with Crippen LogP contribution in [0.15, 0.2) is 24.5 Å². The van der Waals surface area contributed by atoms with E-state index in [9.17, 15) is 18.3 Å². The lowest BCUT2D eigenvalue weighted by Crippen LogP contribution is -2.41. The number of aromatic nitrogens is 1. The van der Waals surface area contributed by atoms with Crippen molar-refractivity contribution in [1.29, 1.82) is 0 Å². The molecule has 0 aromatic carbocycles. The van der Waals surface area contributed by atoms with Crippen LogP contribution in [0, 0.1) is 0 Å². The molecular formula is C9H12NO6S+. The summed E-state index contributed by atoms with van der Waals surface area (Å²) in [6, 6.07) is 2.64. The zero-order chi connectivity index (χ0) is 13.1. The molecule has 0 saturated heterocycles. The van der Waals surface area contributed by atoms with Gasteiger partial charge in [0.1, 0.15) is 11.9 Å². The molecule has 0 bridgehead atoms. The average molecular weight is 262 g/mol. The van der Waals surface area contributed by atoms with Crippen LogP contribution in [-0.4, -0.2) is 41.0 Å². The molecule has 1 unspecified atom stereocenters. The number of nitrogens with zero attached hydrogens (tertiary/aromatic N) is 1. The number of aromatic carboxylic acids is 1. The van der Waals surface area contributed by atoms with Gasteiger partial charge >= 0.3 is 5.97 Å². The minimum atomic E-state index is -4.22.